The van der Waals surface area contributed by atoms with Gasteiger partial charge in [-0.3, -0.25) is 0 Å². The second kappa shape index (κ2) is 9.61. The molecule has 4 nitrogen and oxygen atoms in total. The SMILES string of the molecule is C=C1CC[C@H]2[C@@](C)(CC[C@@H](OC(=O)/C(C)=C\C)[C@]2(C)CO)[C@@H]1CC/C(C)=C/CO. The molecule has 2 rings (SSSR count). The molecule has 2 aliphatic carbocycles. The van der Waals surface area contributed by atoms with Crippen molar-refractivity contribution >= 4 is 5.97 Å². The summed E-state index contributed by atoms with van der Waals surface area (Å²) < 4.78 is 5.91. The zero-order valence-electron chi connectivity index (χ0n) is 19.0. The van der Waals surface area contributed by atoms with E-state index in [1.54, 1.807) is 13.0 Å². The molecule has 2 saturated carbocycles. The highest BCUT2D eigenvalue weighted by Crippen LogP contribution is 2.62. The average molecular weight is 405 g/mol. The third kappa shape index (κ3) is 4.69. The standard InChI is InChI=1S/C25H40O4/c1-7-18(3)23(28)29-22-12-14-24(5)20(10-8-17(2)13-15-26)19(4)9-11-21(24)25(22,6)16-27/h7,13,20-22,26-27H,4,8-12,14-16H2,1-3,5-6H3/b17-13+,18-7-/t20-,21+,22-,24+,25-/m1/s1. The normalized spacial score (nSPS) is 36.0. The lowest BCUT2D eigenvalue weighted by atomic mass is 9.46. The van der Waals surface area contributed by atoms with Crippen LogP contribution in [0, 0.1) is 22.7 Å². The van der Waals surface area contributed by atoms with Crippen LogP contribution in [0.2, 0.25) is 0 Å². The molecule has 0 aliphatic heterocycles. The Morgan fingerprint density at radius 1 is 1.28 bits per heavy atom. The van der Waals surface area contributed by atoms with Crippen LogP contribution in [0.1, 0.15) is 73.1 Å². The Hall–Kier alpha value is -1.39. The summed E-state index contributed by atoms with van der Waals surface area (Å²) in [6.07, 6.45) is 9.00. The first-order valence-electron chi connectivity index (χ1n) is 11.0. The number of allylic oxidation sites excluding steroid dienone is 3. The Labute approximate surface area is 176 Å². The molecular formula is C25H40O4. The van der Waals surface area contributed by atoms with Crippen LogP contribution in [0.25, 0.3) is 0 Å². The fraction of sp³-hybridized carbons (Fsp3) is 0.720. The highest BCUT2D eigenvalue weighted by molar-refractivity contribution is 5.87. The van der Waals surface area contributed by atoms with Crippen molar-refractivity contribution < 1.29 is 19.7 Å². The molecule has 0 aromatic rings. The molecule has 0 spiro atoms. The van der Waals surface area contributed by atoms with Crippen molar-refractivity contribution in [2.45, 2.75) is 79.2 Å². The van der Waals surface area contributed by atoms with E-state index in [0.29, 0.717) is 11.5 Å². The first-order chi connectivity index (χ1) is 13.6. The fourth-order valence-corrected chi connectivity index (χ4v) is 5.88. The van der Waals surface area contributed by atoms with E-state index in [0.717, 1.165) is 38.5 Å². The second-order valence-corrected chi connectivity index (χ2v) is 9.65. The number of rotatable bonds is 7. The van der Waals surface area contributed by atoms with E-state index in [1.807, 2.05) is 13.0 Å². The summed E-state index contributed by atoms with van der Waals surface area (Å²) in [7, 11) is 0. The van der Waals surface area contributed by atoms with Crippen LogP contribution < -0.4 is 0 Å². The summed E-state index contributed by atoms with van der Waals surface area (Å²) in [4.78, 5) is 12.4. The summed E-state index contributed by atoms with van der Waals surface area (Å²) in [6.45, 7) is 14.6. The van der Waals surface area contributed by atoms with Gasteiger partial charge in [0.1, 0.15) is 6.10 Å². The summed E-state index contributed by atoms with van der Waals surface area (Å²) in [6, 6.07) is 0. The molecule has 164 valence electrons. The predicted octanol–water partition coefficient (Wildman–Crippen LogP) is 4.96. The molecule has 0 aromatic heterocycles. The minimum Gasteiger partial charge on any atom is -0.458 e. The summed E-state index contributed by atoms with van der Waals surface area (Å²) in [5.41, 5.74) is 2.71. The highest BCUT2D eigenvalue weighted by Gasteiger charge is 2.58. The van der Waals surface area contributed by atoms with Crippen molar-refractivity contribution in [3.8, 4) is 0 Å². The first kappa shape index (κ1) is 23.9. The number of aliphatic hydroxyl groups is 2. The number of esters is 1. The van der Waals surface area contributed by atoms with Crippen LogP contribution in [0.5, 0.6) is 0 Å². The number of hydrogen-bond donors (Lipinski definition) is 2. The topological polar surface area (TPSA) is 66.8 Å². The van der Waals surface area contributed by atoms with Crippen molar-refractivity contribution in [1.82, 2.24) is 0 Å². The van der Waals surface area contributed by atoms with Gasteiger partial charge in [0.05, 0.1) is 13.2 Å². The maximum atomic E-state index is 12.4. The van der Waals surface area contributed by atoms with Crippen molar-refractivity contribution in [3.05, 3.63) is 35.5 Å². The molecule has 29 heavy (non-hydrogen) atoms. The minimum atomic E-state index is -0.453. The number of fused-ring (bicyclic) bond motifs is 1. The lowest BCUT2D eigenvalue weighted by Crippen LogP contribution is -2.58. The monoisotopic (exact) mass is 404 g/mol. The second-order valence-electron chi connectivity index (χ2n) is 9.65. The van der Waals surface area contributed by atoms with E-state index in [4.69, 9.17) is 9.84 Å². The third-order valence-electron chi connectivity index (χ3n) is 7.93. The molecule has 2 N–H and O–H groups in total. The maximum absolute atomic E-state index is 12.4. The van der Waals surface area contributed by atoms with E-state index in [9.17, 15) is 9.90 Å². The van der Waals surface area contributed by atoms with Gasteiger partial charge in [0.2, 0.25) is 0 Å². The third-order valence-corrected chi connectivity index (χ3v) is 7.93. The van der Waals surface area contributed by atoms with E-state index in [1.165, 1.54) is 11.1 Å². The molecule has 4 heteroatoms. The van der Waals surface area contributed by atoms with Crippen LogP contribution >= 0.6 is 0 Å². The minimum absolute atomic E-state index is 0.0166. The number of carbonyl (C=O) groups excluding carboxylic acids is 1. The molecule has 0 unspecified atom stereocenters. The first-order valence-corrected chi connectivity index (χ1v) is 11.0. The number of aliphatic hydroxyl groups excluding tert-OH is 2. The molecule has 2 fully saturated rings. The van der Waals surface area contributed by atoms with E-state index in [-0.39, 0.29) is 36.6 Å². The summed E-state index contributed by atoms with van der Waals surface area (Å²) in [5, 5.41) is 19.6. The Morgan fingerprint density at radius 2 is 1.97 bits per heavy atom. The van der Waals surface area contributed by atoms with E-state index in [2.05, 4.69) is 27.4 Å². The van der Waals surface area contributed by atoms with Crippen LogP contribution in [0.4, 0.5) is 0 Å². The molecule has 0 amide bonds. The van der Waals surface area contributed by atoms with Gasteiger partial charge in [-0.2, -0.15) is 0 Å². The maximum Gasteiger partial charge on any atom is 0.333 e. The molecular weight excluding hydrogens is 364 g/mol. The van der Waals surface area contributed by atoms with Gasteiger partial charge < -0.3 is 14.9 Å². The van der Waals surface area contributed by atoms with Gasteiger partial charge in [0.25, 0.3) is 0 Å². The molecule has 0 saturated heterocycles. The number of hydrogen-bond acceptors (Lipinski definition) is 4. The van der Waals surface area contributed by atoms with Gasteiger partial charge in [-0.05, 0) is 76.5 Å². The zero-order valence-corrected chi connectivity index (χ0v) is 19.0. The van der Waals surface area contributed by atoms with Crippen LogP contribution in [0.15, 0.2) is 35.5 Å². The largest absolute Gasteiger partial charge is 0.458 e. The number of ether oxygens (including phenoxy) is 1. The van der Waals surface area contributed by atoms with Gasteiger partial charge in [0.15, 0.2) is 0 Å². The fourth-order valence-electron chi connectivity index (χ4n) is 5.88. The van der Waals surface area contributed by atoms with Crippen molar-refractivity contribution in [2.24, 2.45) is 22.7 Å². The summed E-state index contributed by atoms with van der Waals surface area (Å²) >= 11 is 0. The Kier molecular flexibility index (Phi) is 7.92. The van der Waals surface area contributed by atoms with Gasteiger partial charge >= 0.3 is 5.97 Å². The Balaban J connectivity index is 2.28. The van der Waals surface area contributed by atoms with E-state index < -0.39 is 5.41 Å². The molecule has 0 aromatic carbocycles. The van der Waals surface area contributed by atoms with Gasteiger partial charge in [0, 0.05) is 11.0 Å². The molecule has 0 bridgehead atoms. The van der Waals surface area contributed by atoms with Crippen molar-refractivity contribution in [3.63, 3.8) is 0 Å². The van der Waals surface area contributed by atoms with E-state index >= 15 is 0 Å². The lowest BCUT2D eigenvalue weighted by molar-refractivity contribution is -0.184. The molecule has 2 aliphatic rings. The molecule has 0 radical (unpaired) electrons. The van der Waals surface area contributed by atoms with Gasteiger partial charge in [-0.1, -0.05) is 43.7 Å². The average Bonchev–Trinajstić information content (AvgIpc) is 2.69. The lowest BCUT2D eigenvalue weighted by Gasteiger charge is -2.60. The van der Waals surface area contributed by atoms with Gasteiger partial charge in [-0.15, -0.1) is 0 Å². The molecule has 5 atom stereocenters. The van der Waals surface area contributed by atoms with Crippen LogP contribution in [-0.4, -0.2) is 35.5 Å². The smallest absolute Gasteiger partial charge is 0.333 e. The zero-order chi connectivity index (χ0) is 21.8. The number of carbonyl (C=O) groups is 1. The quantitative estimate of drug-likeness (QED) is 0.357. The van der Waals surface area contributed by atoms with Gasteiger partial charge in [-0.25, -0.2) is 4.79 Å². The predicted molar refractivity (Wildman–Crippen MR) is 117 cm³/mol. The highest BCUT2D eigenvalue weighted by atomic mass is 16.5. The molecule has 0 heterocycles. The van der Waals surface area contributed by atoms with Crippen LogP contribution in [-0.2, 0) is 9.53 Å². The van der Waals surface area contributed by atoms with Crippen molar-refractivity contribution in [1.29, 1.82) is 0 Å². The Morgan fingerprint density at radius 3 is 2.55 bits per heavy atom. The Bertz CT molecular complexity index is 676. The van der Waals surface area contributed by atoms with Crippen molar-refractivity contribution in [2.75, 3.05) is 13.2 Å². The van der Waals surface area contributed by atoms with Crippen LogP contribution in [0.3, 0.4) is 0 Å². The summed E-state index contributed by atoms with van der Waals surface area (Å²) in [5.74, 6) is 0.375.